The van der Waals surface area contributed by atoms with Gasteiger partial charge in [0.15, 0.2) is 5.78 Å². The minimum absolute atomic E-state index is 0.164. The van der Waals surface area contributed by atoms with Gasteiger partial charge >= 0.3 is 0 Å². The molecule has 40 heavy (non-hydrogen) atoms. The van der Waals surface area contributed by atoms with Gasteiger partial charge in [-0.1, -0.05) is 54.9 Å². The Morgan fingerprint density at radius 2 is 1.88 bits per heavy atom. The van der Waals surface area contributed by atoms with Crippen LogP contribution >= 0.6 is 11.6 Å². The van der Waals surface area contributed by atoms with Crippen LogP contribution in [0.3, 0.4) is 0 Å². The van der Waals surface area contributed by atoms with E-state index in [1.54, 1.807) is 12.1 Å². The van der Waals surface area contributed by atoms with Crippen molar-refractivity contribution in [3.63, 3.8) is 0 Å². The smallest absolute Gasteiger partial charge is 0.251 e. The van der Waals surface area contributed by atoms with Crippen LogP contribution in [0.2, 0.25) is 5.02 Å². The number of halogens is 1. The van der Waals surface area contributed by atoms with Gasteiger partial charge in [0, 0.05) is 22.9 Å². The first kappa shape index (κ1) is 25.3. The lowest BCUT2D eigenvalue weighted by Gasteiger charge is -2.43. The molecular weight excluding hydrogens is 526 g/mol. The van der Waals surface area contributed by atoms with Crippen molar-refractivity contribution in [3.8, 4) is 5.75 Å². The van der Waals surface area contributed by atoms with Gasteiger partial charge < -0.3 is 15.4 Å². The van der Waals surface area contributed by atoms with E-state index in [-0.39, 0.29) is 23.6 Å². The number of amides is 2. The molecular formula is C32H30ClN3O4. The highest BCUT2D eigenvalue weighted by Gasteiger charge is 2.81. The average molecular weight is 556 g/mol. The number of hydrogen-bond donors (Lipinski definition) is 2. The number of nitrogens with one attached hydrogen (secondary N) is 2. The second-order valence-electron chi connectivity index (χ2n) is 11.3. The number of carbonyl (C=O) groups excluding carboxylic acids is 3. The fraction of sp³-hybridized carbons (Fsp3) is 0.344. The number of hydrogen-bond acceptors (Lipinski definition) is 5. The summed E-state index contributed by atoms with van der Waals surface area (Å²) in [5.41, 5.74) is 0.898. The number of ether oxygens (including phenoxy) is 1. The van der Waals surface area contributed by atoms with Crippen LogP contribution < -0.4 is 15.4 Å². The Labute approximate surface area is 237 Å². The Kier molecular flexibility index (Phi) is 5.64. The number of ketones is 1. The van der Waals surface area contributed by atoms with Crippen LogP contribution in [0.25, 0.3) is 0 Å². The van der Waals surface area contributed by atoms with E-state index in [9.17, 15) is 14.4 Å². The number of benzene rings is 3. The molecule has 0 saturated carbocycles. The molecule has 2 spiro atoms. The molecule has 7 rings (SSSR count). The summed E-state index contributed by atoms with van der Waals surface area (Å²) in [6.07, 6.45) is 2.36. The number of rotatable bonds is 5. The summed E-state index contributed by atoms with van der Waals surface area (Å²) in [7, 11) is 0. The Balaban J connectivity index is 1.53. The van der Waals surface area contributed by atoms with Crippen molar-refractivity contribution in [3.05, 3.63) is 87.9 Å². The number of Topliss-reactive ketones (excluding diaryl/α,β-unsaturated/α-hetero) is 1. The van der Waals surface area contributed by atoms with Crippen molar-refractivity contribution in [2.24, 2.45) is 5.92 Å². The molecule has 4 atom stereocenters. The number of fused-ring (bicyclic) bond motifs is 7. The molecule has 2 amide bonds. The molecule has 3 aromatic carbocycles. The molecule has 3 aromatic rings. The van der Waals surface area contributed by atoms with Gasteiger partial charge in [0.1, 0.15) is 16.7 Å². The normalized spacial score (nSPS) is 28.0. The van der Waals surface area contributed by atoms with Crippen molar-refractivity contribution in [2.45, 2.75) is 50.1 Å². The maximum atomic E-state index is 14.8. The SMILES string of the molecule is CCCOc1cccc(C(=O)[C@@H]2[C@@H]3CCCN3[C@]3(C(=O)Nc4c(Cl)cc(C)cc43)[C@@]23C(=O)Nc2ccccc23)c1. The third-order valence-corrected chi connectivity index (χ3v) is 9.47. The van der Waals surface area contributed by atoms with Crippen LogP contribution in [0.1, 0.15) is 53.2 Å². The zero-order valence-electron chi connectivity index (χ0n) is 22.4. The third kappa shape index (κ3) is 3.02. The highest BCUT2D eigenvalue weighted by molar-refractivity contribution is 6.35. The number of aryl methyl sites for hydroxylation is 1. The van der Waals surface area contributed by atoms with Crippen molar-refractivity contribution in [2.75, 3.05) is 23.8 Å². The first-order valence-electron chi connectivity index (χ1n) is 13.9. The minimum atomic E-state index is -1.50. The van der Waals surface area contributed by atoms with Crippen LogP contribution in [0, 0.1) is 12.8 Å². The second-order valence-corrected chi connectivity index (χ2v) is 11.7. The number of carbonyl (C=O) groups is 3. The maximum absolute atomic E-state index is 14.8. The molecule has 0 unspecified atom stereocenters. The fourth-order valence-electron chi connectivity index (χ4n) is 7.91. The third-order valence-electron chi connectivity index (χ3n) is 9.18. The molecule has 2 saturated heterocycles. The van der Waals surface area contributed by atoms with Gasteiger partial charge in [-0.3, -0.25) is 19.3 Å². The maximum Gasteiger partial charge on any atom is 0.251 e. The van der Waals surface area contributed by atoms with Crippen molar-refractivity contribution < 1.29 is 19.1 Å². The number of nitrogens with zero attached hydrogens (tertiary/aromatic N) is 1. The highest BCUT2D eigenvalue weighted by atomic mass is 35.5. The van der Waals surface area contributed by atoms with Gasteiger partial charge in [-0.05, 0) is 68.1 Å². The first-order chi connectivity index (χ1) is 19.3. The Bertz CT molecular complexity index is 1600. The van der Waals surface area contributed by atoms with Crippen LogP contribution in [0.4, 0.5) is 11.4 Å². The molecule has 7 nitrogen and oxygen atoms in total. The predicted octanol–water partition coefficient (Wildman–Crippen LogP) is 5.45. The van der Waals surface area contributed by atoms with Gasteiger partial charge in [0.25, 0.3) is 5.91 Å². The Morgan fingerprint density at radius 1 is 1.05 bits per heavy atom. The van der Waals surface area contributed by atoms with Crippen LogP contribution in [0.15, 0.2) is 60.7 Å². The lowest BCUT2D eigenvalue weighted by Crippen LogP contribution is -2.62. The van der Waals surface area contributed by atoms with E-state index in [1.165, 1.54) is 0 Å². The fourth-order valence-corrected chi connectivity index (χ4v) is 8.23. The summed E-state index contributed by atoms with van der Waals surface area (Å²) in [6.45, 7) is 5.08. The predicted molar refractivity (Wildman–Crippen MR) is 153 cm³/mol. The van der Waals surface area contributed by atoms with E-state index in [1.807, 2.05) is 62.4 Å². The standard InChI is InChI=1S/C32H30ClN3O4/c1-3-14-40-20-9-6-8-19(17-20)28(37)26-25-12-7-13-36(25)32(22-15-18(2)16-23(33)27(22)35-30(32)39)31(26)21-10-4-5-11-24(21)34-29(31)38/h4-6,8-11,15-17,25-26H,3,7,12-14H2,1-2H3,(H,34,38)(H,35,39)/t25-,26-,31+,32+/m0/s1. The van der Waals surface area contributed by atoms with Gasteiger partial charge in [0.05, 0.1) is 23.2 Å². The van der Waals surface area contributed by atoms with E-state index in [0.717, 1.165) is 18.4 Å². The summed E-state index contributed by atoms with van der Waals surface area (Å²) in [4.78, 5) is 46.1. The monoisotopic (exact) mass is 555 g/mol. The zero-order chi connectivity index (χ0) is 27.8. The lowest BCUT2D eigenvalue weighted by atomic mass is 9.57. The van der Waals surface area contributed by atoms with Gasteiger partial charge in [-0.15, -0.1) is 0 Å². The largest absolute Gasteiger partial charge is 0.494 e. The molecule has 0 aliphatic carbocycles. The molecule has 2 N–H and O–H groups in total. The molecule has 4 heterocycles. The molecule has 0 radical (unpaired) electrons. The highest BCUT2D eigenvalue weighted by Crippen LogP contribution is 2.68. The topological polar surface area (TPSA) is 87.7 Å². The summed E-state index contributed by atoms with van der Waals surface area (Å²) < 4.78 is 5.85. The average Bonchev–Trinajstić information content (AvgIpc) is 3.66. The number of anilines is 2. The Morgan fingerprint density at radius 3 is 2.70 bits per heavy atom. The van der Waals surface area contributed by atoms with E-state index in [4.69, 9.17) is 16.3 Å². The molecule has 2 fully saturated rings. The molecule has 204 valence electrons. The number of para-hydroxylation sites is 1. The van der Waals surface area contributed by atoms with Gasteiger partial charge in [-0.2, -0.15) is 0 Å². The second kappa shape index (κ2) is 8.91. The van der Waals surface area contributed by atoms with Gasteiger partial charge in [-0.25, -0.2) is 0 Å². The van der Waals surface area contributed by atoms with Crippen LogP contribution in [-0.4, -0.2) is 41.7 Å². The first-order valence-corrected chi connectivity index (χ1v) is 14.3. The molecule has 8 heteroatoms. The molecule has 4 aliphatic heterocycles. The molecule has 4 aliphatic rings. The quantitative estimate of drug-likeness (QED) is 0.409. The lowest BCUT2D eigenvalue weighted by molar-refractivity contribution is -0.137. The van der Waals surface area contributed by atoms with E-state index in [2.05, 4.69) is 15.5 Å². The van der Waals surface area contributed by atoms with Crippen molar-refractivity contribution in [1.29, 1.82) is 0 Å². The van der Waals surface area contributed by atoms with Crippen LogP contribution in [0.5, 0.6) is 5.75 Å². The summed E-state index contributed by atoms with van der Waals surface area (Å²) >= 11 is 6.72. The van der Waals surface area contributed by atoms with Crippen molar-refractivity contribution in [1.82, 2.24) is 4.90 Å². The van der Waals surface area contributed by atoms with E-state index in [0.29, 0.717) is 58.4 Å². The van der Waals surface area contributed by atoms with Crippen molar-refractivity contribution >= 4 is 40.6 Å². The summed E-state index contributed by atoms with van der Waals surface area (Å²) in [5, 5.41) is 6.54. The summed E-state index contributed by atoms with van der Waals surface area (Å²) in [6, 6.07) is 18.1. The van der Waals surface area contributed by atoms with E-state index < -0.39 is 16.9 Å². The van der Waals surface area contributed by atoms with Gasteiger partial charge in [0.2, 0.25) is 5.91 Å². The summed E-state index contributed by atoms with van der Waals surface area (Å²) in [5.74, 6) is -1.01. The molecule has 0 bridgehead atoms. The Hall–Kier alpha value is -3.68. The molecule has 0 aromatic heterocycles. The van der Waals surface area contributed by atoms with E-state index >= 15 is 0 Å². The van der Waals surface area contributed by atoms with Crippen LogP contribution in [-0.2, 0) is 20.5 Å². The minimum Gasteiger partial charge on any atom is -0.494 e. The zero-order valence-corrected chi connectivity index (χ0v) is 23.2.